The van der Waals surface area contributed by atoms with Crippen molar-refractivity contribution in [3.8, 4) is 0 Å². The largest absolute Gasteiger partial charge is 0.472 e. The molecule has 0 amide bonds. The van der Waals surface area contributed by atoms with Gasteiger partial charge in [-0.15, -0.1) is 0 Å². The maximum atomic E-state index is 5.32. The van der Waals surface area contributed by atoms with Gasteiger partial charge in [0.15, 0.2) is 6.79 Å². The third-order valence-electron chi connectivity index (χ3n) is 2.16. The molecular weight excluding hydrogens is 152 g/mol. The van der Waals surface area contributed by atoms with Gasteiger partial charge >= 0.3 is 0 Å². The topological polar surface area (TPSA) is 18.5 Å². The SMILES string of the molecule is C=C(OCOCC)C(C)(C)CC. The van der Waals surface area contributed by atoms with Gasteiger partial charge in [-0.2, -0.15) is 0 Å². The molecule has 0 atom stereocenters. The summed E-state index contributed by atoms with van der Waals surface area (Å²) in [5, 5.41) is 0. The zero-order valence-corrected chi connectivity index (χ0v) is 8.64. The van der Waals surface area contributed by atoms with Gasteiger partial charge in [-0.05, 0) is 13.3 Å². The van der Waals surface area contributed by atoms with Crippen LogP contribution < -0.4 is 0 Å². The summed E-state index contributed by atoms with van der Waals surface area (Å²) in [6.45, 7) is 13.2. The minimum Gasteiger partial charge on any atom is -0.472 e. The first kappa shape index (κ1) is 11.5. The van der Waals surface area contributed by atoms with Crippen LogP contribution in [-0.2, 0) is 9.47 Å². The molecule has 0 saturated carbocycles. The van der Waals surface area contributed by atoms with E-state index in [1.807, 2.05) is 6.92 Å². The van der Waals surface area contributed by atoms with Crippen LogP contribution in [0.5, 0.6) is 0 Å². The van der Waals surface area contributed by atoms with Crippen molar-refractivity contribution in [1.82, 2.24) is 0 Å². The lowest BCUT2D eigenvalue weighted by Crippen LogP contribution is -2.16. The van der Waals surface area contributed by atoms with Gasteiger partial charge in [-0.1, -0.05) is 27.4 Å². The second-order valence-corrected chi connectivity index (χ2v) is 3.42. The molecule has 0 fully saturated rings. The van der Waals surface area contributed by atoms with E-state index in [1.165, 1.54) is 0 Å². The van der Waals surface area contributed by atoms with Gasteiger partial charge in [-0.25, -0.2) is 0 Å². The maximum absolute atomic E-state index is 5.32. The van der Waals surface area contributed by atoms with Crippen LogP contribution >= 0.6 is 0 Å². The predicted octanol–water partition coefficient (Wildman–Crippen LogP) is 2.95. The molecule has 0 unspecified atom stereocenters. The molecule has 0 aromatic carbocycles. The van der Waals surface area contributed by atoms with Crippen LogP contribution in [0.4, 0.5) is 0 Å². The second-order valence-electron chi connectivity index (χ2n) is 3.42. The van der Waals surface area contributed by atoms with E-state index in [1.54, 1.807) is 0 Å². The highest BCUT2D eigenvalue weighted by atomic mass is 16.7. The lowest BCUT2D eigenvalue weighted by atomic mass is 9.89. The summed E-state index contributed by atoms with van der Waals surface area (Å²) in [7, 11) is 0. The zero-order valence-electron chi connectivity index (χ0n) is 8.64. The highest BCUT2D eigenvalue weighted by Gasteiger charge is 2.20. The van der Waals surface area contributed by atoms with E-state index in [-0.39, 0.29) is 5.41 Å². The smallest absolute Gasteiger partial charge is 0.188 e. The molecule has 2 nitrogen and oxygen atoms in total. The molecule has 12 heavy (non-hydrogen) atoms. The Bertz CT molecular complexity index is 139. The molecule has 0 heterocycles. The molecule has 0 aliphatic heterocycles. The van der Waals surface area contributed by atoms with Crippen LogP contribution in [0.1, 0.15) is 34.1 Å². The first-order valence-corrected chi connectivity index (χ1v) is 4.44. The fourth-order valence-electron chi connectivity index (χ4n) is 0.589. The van der Waals surface area contributed by atoms with Crippen LogP contribution in [0.15, 0.2) is 12.3 Å². The molecule has 0 aliphatic carbocycles. The summed E-state index contributed by atoms with van der Waals surface area (Å²) in [5.41, 5.74) is 0.0527. The van der Waals surface area contributed by atoms with E-state index in [9.17, 15) is 0 Å². The second kappa shape index (κ2) is 5.20. The maximum Gasteiger partial charge on any atom is 0.188 e. The fraction of sp³-hybridized carbons (Fsp3) is 0.800. The van der Waals surface area contributed by atoms with Crippen LogP contribution in [-0.4, -0.2) is 13.4 Å². The van der Waals surface area contributed by atoms with Gasteiger partial charge in [0.2, 0.25) is 0 Å². The van der Waals surface area contributed by atoms with Crippen molar-refractivity contribution < 1.29 is 9.47 Å². The number of ether oxygens (including phenoxy) is 2. The van der Waals surface area contributed by atoms with Crippen LogP contribution in [0.2, 0.25) is 0 Å². The van der Waals surface area contributed by atoms with E-state index in [4.69, 9.17) is 9.47 Å². The molecule has 0 saturated heterocycles. The van der Waals surface area contributed by atoms with E-state index in [2.05, 4.69) is 27.4 Å². The highest BCUT2D eigenvalue weighted by Crippen LogP contribution is 2.28. The van der Waals surface area contributed by atoms with Crippen LogP contribution in [0.3, 0.4) is 0 Å². The Morgan fingerprint density at radius 2 is 1.92 bits per heavy atom. The lowest BCUT2D eigenvalue weighted by molar-refractivity contribution is -0.0342. The molecule has 72 valence electrons. The van der Waals surface area contributed by atoms with Crippen molar-refractivity contribution in [3.05, 3.63) is 12.3 Å². The van der Waals surface area contributed by atoms with Gasteiger partial charge in [-0.3, -0.25) is 0 Å². The summed E-state index contributed by atoms with van der Waals surface area (Å²) in [5.74, 6) is 0.804. The van der Waals surface area contributed by atoms with Crippen molar-refractivity contribution in [2.75, 3.05) is 13.4 Å². The van der Waals surface area contributed by atoms with E-state index >= 15 is 0 Å². The zero-order chi connectivity index (χ0) is 9.61. The molecule has 0 rings (SSSR count). The first-order valence-electron chi connectivity index (χ1n) is 4.44. The molecular formula is C10H20O2. The Kier molecular flexibility index (Phi) is 4.98. The number of allylic oxidation sites excluding steroid dienone is 1. The monoisotopic (exact) mass is 172 g/mol. The highest BCUT2D eigenvalue weighted by molar-refractivity contribution is 4.97. The van der Waals surface area contributed by atoms with E-state index < -0.39 is 0 Å². The Hall–Kier alpha value is -0.500. The molecule has 0 aromatic heterocycles. The summed E-state index contributed by atoms with van der Waals surface area (Å²) in [6.07, 6.45) is 1.03. The summed E-state index contributed by atoms with van der Waals surface area (Å²) >= 11 is 0. The van der Waals surface area contributed by atoms with Crippen molar-refractivity contribution in [2.45, 2.75) is 34.1 Å². The number of hydrogen-bond acceptors (Lipinski definition) is 2. The minimum atomic E-state index is 0.0527. The third kappa shape index (κ3) is 3.77. The summed E-state index contributed by atoms with van der Waals surface area (Å²) < 4.78 is 10.4. The Morgan fingerprint density at radius 1 is 1.33 bits per heavy atom. The van der Waals surface area contributed by atoms with Crippen LogP contribution in [0.25, 0.3) is 0 Å². The predicted molar refractivity (Wildman–Crippen MR) is 50.8 cm³/mol. The Labute approximate surface area is 75.6 Å². The van der Waals surface area contributed by atoms with Gasteiger partial charge < -0.3 is 9.47 Å². The molecule has 0 spiro atoms. The third-order valence-corrected chi connectivity index (χ3v) is 2.16. The molecule has 2 heteroatoms. The van der Waals surface area contributed by atoms with Crippen molar-refractivity contribution >= 4 is 0 Å². The van der Waals surface area contributed by atoms with Crippen molar-refractivity contribution in [2.24, 2.45) is 5.41 Å². The van der Waals surface area contributed by atoms with Gasteiger partial charge in [0.1, 0.15) is 0 Å². The molecule has 0 bridgehead atoms. The normalized spacial score (nSPS) is 11.3. The minimum absolute atomic E-state index is 0.0527. The van der Waals surface area contributed by atoms with Gasteiger partial charge in [0.05, 0.1) is 5.76 Å². The van der Waals surface area contributed by atoms with Crippen LogP contribution in [0, 0.1) is 5.41 Å². The van der Waals surface area contributed by atoms with Crippen molar-refractivity contribution in [1.29, 1.82) is 0 Å². The molecule has 0 radical (unpaired) electrons. The first-order chi connectivity index (χ1) is 5.54. The molecule has 0 aliphatic rings. The summed E-state index contributed by atoms with van der Waals surface area (Å²) in [6, 6.07) is 0. The average Bonchev–Trinajstić information content (AvgIpc) is 2.05. The quantitative estimate of drug-likeness (QED) is 0.348. The fourth-order valence-corrected chi connectivity index (χ4v) is 0.589. The standard InChI is InChI=1S/C10H20O2/c1-6-10(4,5)9(3)12-8-11-7-2/h3,6-8H2,1-2,4-5H3. The van der Waals surface area contributed by atoms with Gasteiger partial charge in [0, 0.05) is 12.0 Å². The lowest BCUT2D eigenvalue weighted by Gasteiger charge is -2.25. The molecule has 0 aromatic rings. The van der Waals surface area contributed by atoms with E-state index in [0.717, 1.165) is 12.2 Å². The number of hydrogen-bond donors (Lipinski definition) is 0. The Balaban J connectivity index is 3.72. The Morgan fingerprint density at radius 3 is 2.33 bits per heavy atom. The summed E-state index contributed by atoms with van der Waals surface area (Å²) in [4.78, 5) is 0. The number of rotatable bonds is 6. The van der Waals surface area contributed by atoms with E-state index in [0.29, 0.717) is 13.4 Å². The van der Waals surface area contributed by atoms with Gasteiger partial charge in [0.25, 0.3) is 0 Å². The molecule has 0 N–H and O–H groups in total. The van der Waals surface area contributed by atoms with Crippen molar-refractivity contribution in [3.63, 3.8) is 0 Å². The average molecular weight is 172 g/mol.